The molecule has 0 unspecified atom stereocenters. The van der Waals surface area contributed by atoms with Crippen LogP contribution in [-0.4, -0.2) is 28.3 Å². The highest BCUT2D eigenvalue weighted by Gasteiger charge is 2.18. The van der Waals surface area contributed by atoms with Crippen LogP contribution in [0.25, 0.3) is 10.9 Å². The number of nitrogens with one attached hydrogen (secondary N) is 1. The van der Waals surface area contributed by atoms with Crippen molar-refractivity contribution in [1.82, 2.24) is 15.0 Å². The van der Waals surface area contributed by atoms with Crippen LogP contribution in [0.2, 0.25) is 5.28 Å². The smallest absolute Gasteiger partial charge is 0.224 e. The zero-order valence-corrected chi connectivity index (χ0v) is 16.0. The van der Waals surface area contributed by atoms with E-state index in [2.05, 4.69) is 36.2 Å². The van der Waals surface area contributed by atoms with Crippen molar-refractivity contribution in [1.29, 1.82) is 0 Å². The molecule has 3 aromatic rings. The minimum atomic E-state index is -2.55. The molecule has 0 fully saturated rings. The normalized spacial score (nSPS) is 11.7. The van der Waals surface area contributed by atoms with E-state index >= 15 is 0 Å². The molecular weight excluding hydrogens is 418 g/mol. The number of pyridine rings is 1. The quantitative estimate of drug-likeness (QED) is 0.488. The van der Waals surface area contributed by atoms with E-state index in [-0.39, 0.29) is 11.1 Å². The number of anilines is 2. The fraction of sp³-hybridized carbons (Fsp3) is 0.133. The maximum absolute atomic E-state index is 14.5. The molecule has 5 nitrogen and oxygen atoms in total. The summed E-state index contributed by atoms with van der Waals surface area (Å²) in [4.78, 5) is 12.1. The summed E-state index contributed by atoms with van der Waals surface area (Å²) < 4.78 is 27.4. The summed E-state index contributed by atoms with van der Waals surface area (Å²) >= 11 is 9.03. The molecule has 0 atom stereocenters. The van der Waals surface area contributed by atoms with E-state index in [4.69, 9.17) is 11.6 Å². The number of rotatable bonds is 3. The molecule has 24 heavy (non-hydrogen) atoms. The average Bonchev–Trinajstić information content (AvgIpc) is 2.50. The Morgan fingerprint density at radius 1 is 1.25 bits per heavy atom. The summed E-state index contributed by atoms with van der Waals surface area (Å²) in [7, 11) is -2.55. The van der Waals surface area contributed by atoms with Gasteiger partial charge < -0.3 is 9.88 Å². The van der Waals surface area contributed by atoms with Gasteiger partial charge >= 0.3 is 0 Å². The van der Waals surface area contributed by atoms with E-state index in [0.29, 0.717) is 26.5 Å². The lowest BCUT2D eigenvalue weighted by Crippen LogP contribution is -2.07. The summed E-state index contributed by atoms with van der Waals surface area (Å²) in [5, 5.41) is 3.96. The summed E-state index contributed by atoms with van der Waals surface area (Å²) in [5.74, 6) is -0.282. The Kier molecular flexibility index (Phi) is 4.60. The van der Waals surface area contributed by atoms with E-state index in [1.807, 2.05) is 0 Å². The van der Waals surface area contributed by atoms with Gasteiger partial charge in [0.05, 0.1) is 9.99 Å². The number of halogens is 3. The monoisotopic (exact) mass is 428 g/mol. The minimum absolute atomic E-state index is 0.00263. The van der Waals surface area contributed by atoms with E-state index in [1.54, 1.807) is 31.5 Å². The van der Waals surface area contributed by atoms with Gasteiger partial charge in [0.2, 0.25) is 5.28 Å². The van der Waals surface area contributed by atoms with Gasteiger partial charge in [0, 0.05) is 16.9 Å². The topological polar surface area (TPSA) is 67.8 Å². The van der Waals surface area contributed by atoms with Gasteiger partial charge in [0.1, 0.15) is 7.14 Å². The van der Waals surface area contributed by atoms with E-state index < -0.39 is 13.0 Å². The first-order valence-electron chi connectivity index (χ1n) is 6.85. The molecule has 0 amide bonds. The van der Waals surface area contributed by atoms with Crippen molar-refractivity contribution in [3.8, 4) is 0 Å². The first-order valence-corrected chi connectivity index (χ1v) is 10.6. The van der Waals surface area contributed by atoms with Crippen LogP contribution in [0.3, 0.4) is 0 Å². The number of aromatic nitrogens is 3. The van der Waals surface area contributed by atoms with Gasteiger partial charge in [-0.2, -0.15) is 4.98 Å². The van der Waals surface area contributed by atoms with Gasteiger partial charge in [-0.3, -0.25) is 0 Å². The Morgan fingerprint density at radius 2 is 2.00 bits per heavy atom. The SMILES string of the molecule is CP(C)(=O)c1cccc2nc(Nc3nc(Cl)ncc3Br)c(F)cc12. The maximum atomic E-state index is 14.5. The number of fused-ring (bicyclic) bond motifs is 1. The van der Waals surface area contributed by atoms with Gasteiger partial charge in [-0.1, -0.05) is 12.1 Å². The summed E-state index contributed by atoms with van der Waals surface area (Å²) in [6.07, 6.45) is 1.46. The Hall–Kier alpha value is -1.56. The highest BCUT2D eigenvalue weighted by atomic mass is 79.9. The summed E-state index contributed by atoms with van der Waals surface area (Å²) in [5.41, 5.74) is 0.539. The Morgan fingerprint density at radius 3 is 2.71 bits per heavy atom. The van der Waals surface area contributed by atoms with Crippen molar-refractivity contribution in [2.75, 3.05) is 18.6 Å². The van der Waals surface area contributed by atoms with Crippen molar-refractivity contribution in [3.05, 3.63) is 46.0 Å². The van der Waals surface area contributed by atoms with Crippen LogP contribution in [-0.2, 0) is 4.57 Å². The largest absolute Gasteiger partial charge is 0.321 e. The number of benzene rings is 1. The molecule has 0 aliphatic rings. The van der Waals surface area contributed by atoms with Crippen LogP contribution in [0.1, 0.15) is 0 Å². The van der Waals surface area contributed by atoms with Crippen LogP contribution in [0.5, 0.6) is 0 Å². The van der Waals surface area contributed by atoms with Crippen molar-refractivity contribution >= 4 is 62.5 Å². The lowest BCUT2D eigenvalue weighted by atomic mass is 10.2. The third kappa shape index (κ3) is 3.43. The molecule has 1 N–H and O–H groups in total. The predicted molar refractivity (Wildman–Crippen MR) is 98.8 cm³/mol. The molecule has 0 bridgehead atoms. The fourth-order valence-corrected chi connectivity index (χ4v) is 3.89. The molecule has 0 radical (unpaired) electrons. The zero-order chi connectivity index (χ0) is 17.5. The Balaban J connectivity index is 2.12. The van der Waals surface area contributed by atoms with Crippen molar-refractivity contribution in [2.45, 2.75) is 0 Å². The maximum Gasteiger partial charge on any atom is 0.224 e. The Bertz CT molecular complexity index is 995. The number of nitrogens with zero attached hydrogens (tertiary/aromatic N) is 3. The summed E-state index contributed by atoms with van der Waals surface area (Å²) in [6, 6.07) is 6.55. The summed E-state index contributed by atoms with van der Waals surface area (Å²) in [6.45, 7) is 3.29. The standard InChI is InChI=1S/C15H12BrClFN4OP/c1-24(2,23)12-5-3-4-11-8(12)6-10(18)14(20-11)21-13-9(16)7-19-15(17)22-13/h3-7H,1-2H3,(H,19,20,21,22). The number of hydrogen-bond donors (Lipinski definition) is 1. The van der Waals surface area contributed by atoms with Gasteiger partial charge in [0.25, 0.3) is 0 Å². The molecule has 0 aliphatic carbocycles. The lowest BCUT2D eigenvalue weighted by molar-refractivity contribution is 0.588. The molecular formula is C15H12BrClFN4OP. The van der Waals surface area contributed by atoms with Crippen molar-refractivity contribution in [2.24, 2.45) is 0 Å². The van der Waals surface area contributed by atoms with Gasteiger partial charge in [0.15, 0.2) is 17.5 Å². The molecule has 124 valence electrons. The second kappa shape index (κ2) is 6.39. The first kappa shape index (κ1) is 17.3. The molecule has 2 aromatic heterocycles. The molecule has 1 aromatic carbocycles. The average molecular weight is 430 g/mol. The molecule has 0 saturated heterocycles. The first-order chi connectivity index (χ1) is 11.3. The second-order valence-electron chi connectivity index (χ2n) is 5.47. The third-order valence-corrected chi connectivity index (χ3v) is 5.63. The van der Waals surface area contributed by atoms with Crippen LogP contribution < -0.4 is 10.6 Å². The molecule has 0 spiro atoms. The molecule has 0 saturated carbocycles. The molecule has 0 aliphatic heterocycles. The Labute approximate surface area is 151 Å². The number of hydrogen-bond acceptors (Lipinski definition) is 5. The molecule has 3 rings (SSSR count). The minimum Gasteiger partial charge on any atom is -0.321 e. The second-order valence-corrected chi connectivity index (χ2v) is 9.85. The van der Waals surface area contributed by atoms with Gasteiger partial charge in [-0.25, -0.2) is 14.4 Å². The molecule has 9 heteroatoms. The van der Waals surface area contributed by atoms with Gasteiger partial charge in [-0.05, 0) is 53.0 Å². The third-order valence-electron chi connectivity index (χ3n) is 3.32. The van der Waals surface area contributed by atoms with Crippen LogP contribution in [0, 0.1) is 5.82 Å². The lowest BCUT2D eigenvalue weighted by Gasteiger charge is -2.13. The fourth-order valence-electron chi connectivity index (χ4n) is 2.26. The highest BCUT2D eigenvalue weighted by Crippen LogP contribution is 2.38. The van der Waals surface area contributed by atoms with Crippen LogP contribution >= 0.6 is 34.7 Å². The van der Waals surface area contributed by atoms with E-state index in [1.165, 1.54) is 12.3 Å². The van der Waals surface area contributed by atoms with Crippen LogP contribution in [0.4, 0.5) is 16.0 Å². The molecule has 2 heterocycles. The van der Waals surface area contributed by atoms with Crippen LogP contribution in [0.15, 0.2) is 34.9 Å². The van der Waals surface area contributed by atoms with Crippen molar-refractivity contribution in [3.63, 3.8) is 0 Å². The zero-order valence-electron chi connectivity index (χ0n) is 12.7. The van der Waals surface area contributed by atoms with E-state index in [9.17, 15) is 8.96 Å². The van der Waals surface area contributed by atoms with Gasteiger partial charge in [-0.15, -0.1) is 0 Å². The highest BCUT2D eigenvalue weighted by molar-refractivity contribution is 9.10. The van der Waals surface area contributed by atoms with Crippen molar-refractivity contribution < 1.29 is 8.96 Å². The predicted octanol–water partition coefficient (Wildman–Crippen LogP) is 4.57. The van der Waals surface area contributed by atoms with E-state index in [0.717, 1.165) is 0 Å².